The number of carbonyl (C=O) groups is 3. The van der Waals surface area contributed by atoms with E-state index < -0.39 is 53.7 Å². The summed E-state index contributed by atoms with van der Waals surface area (Å²) in [6.45, 7) is 6.35. The number of benzene rings is 2. The van der Waals surface area contributed by atoms with E-state index in [1.165, 1.54) is 18.2 Å². The SMILES string of the molecule is CCC[C@H](NC(=O)c1ccc2c(n1)CN(C)C2)C(=O)NC(CC(=O)O)c1cc(-c2c(C)cc(F)cc2C)cc(F)c1F. The number of carbonyl (C=O) groups excluding carboxylic acids is 2. The molecule has 11 heteroatoms. The van der Waals surface area contributed by atoms with Crippen LogP contribution >= 0.6 is 0 Å². The molecule has 2 aromatic carbocycles. The number of pyridine rings is 1. The van der Waals surface area contributed by atoms with Gasteiger partial charge in [0.2, 0.25) is 5.91 Å². The van der Waals surface area contributed by atoms with Crippen molar-refractivity contribution in [1.82, 2.24) is 20.5 Å². The topological polar surface area (TPSA) is 112 Å². The van der Waals surface area contributed by atoms with Gasteiger partial charge in [0.05, 0.1) is 18.2 Å². The van der Waals surface area contributed by atoms with Gasteiger partial charge < -0.3 is 15.7 Å². The predicted molar refractivity (Wildman–Crippen MR) is 150 cm³/mol. The van der Waals surface area contributed by atoms with Gasteiger partial charge in [-0.2, -0.15) is 0 Å². The fraction of sp³-hybridized carbons (Fsp3) is 0.355. The number of halogens is 3. The van der Waals surface area contributed by atoms with E-state index in [0.717, 1.165) is 17.3 Å². The number of nitrogens with zero attached hydrogens (tertiary/aromatic N) is 2. The second-order valence-corrected chi connectivity index (χ2v) is 10.7. The highest BCUT2D eigenvalue weighted by molar-refractivity contribution is 5.96. The highest BCUT2D eigenvalue weighted by atomic mass is 19.2. The first kappa shape index (κ1) is 30.7. The summed E-state index contributed by atoms with van der Waals surface area (Å²) in [4.78, 5) is 44.6. The van der Waals surface area contributed by atoms with E-state index in [1.807, 2.05) is 18.0 Å². The Morgan fingerprint density at radius 1 is 1.02 bits per heavy atom. The van der Waals surface area contributed by atoms with Gasteiger partial charge in [0, 0.05) is 18.7 Å². The third-order valence-corrected chi connectivity index (χ3v) is 7.27. The molecule has 3 N–H and O–H groups in total. The molecule has 0 saturated heterocycles. The number of aryl methyl sites for hydroxylation is 2. The smallest absolute Gasteiger partial charge is 0.305 e. The number of amides is 2. The van der Waals surface area contributed by atoms with Gasteiger partial charge in [-0.3, -0.25) is 19.3 Å². The molecule has 222 valence electrons. The van der Waals surface area contributed by atoms with Crippen LogP contribution in [0.5, 0.6) is 0 Å². The van der Waals surface area contributed by atoms with Crippen molar-refractivity contribution in [2.45, 2.75) is 65.2 Å². The van der Waals surface area contributed by atoms with Crippen molar-refractivity contribution in [3.05, 3.63) is 87.5 Å². The maximum Gasteiger partial charge on any atom is 0.305 e. The third kappa shape index (κ3) is 6.79. The molecule has 0 radical (unpaired) electrons. The Labute approximate surface area is 242 Å². The van der Waals surface area contributed by atoms with Crippen LogP contribution in [0.2, 0.25) is 0 Å². The summed E-state index contributed by atoms with van der Waals surface area (Å²) in [6.07, 6.45) is -0.0541. The Kier molecular flexibility index (Phi) is 9.30. The molecule has 1 unspecified atom stereocenters. The Morgan fingerprint density at radius 2 is 1.71 bits per heavy atom. The van der Waals surface area contributed by atoms with E-state index in [-0.39, 0.29) is 23.2 Å². The summed E-state index contributed by atoms with van der Waals surface area (Å²) in [6, 6.07) is 5.56. The molecule has 0 aliphatic carbocycles. The Bertz CT molecular complexity index is 1520. The van der Waals surface area contributed by atoms with E-state index >= 15 is 4.39 Å². The van der Waals surface area contributed by atoms with Crippen LogP contribution in [-0.2, 0) is 22.7 Å². The van der Waals surface area contributed by atoms with Crippen LogP contribution in [0.3, 0.4) is 0 Å². The number of aliphatic carboxylic acids is 1. The zero-order chi connectivity index (χ0) is 30.7. The number of hydrogen-bond acceptors (Lipinski definition) is 5. The van der Waals surface area contributed by atoms with E-state index in [9.17, 15) is 28.3 Å². The molecule has 0 spiro atoms. The summed E-state index contributed by atoms with van der Waals surface area (Å²) in [5.41, 5.74) is 3.14. The maximum atomic E-state index is 15.2. The minimum absolute atomic E-state index is 0.130. The van der Waals surface area contributed by atoms with Crippen LogP contribution in [0.1, 0.15) is 70.7 Å². The van der Waals surface area contributed by atoms with Crippen molar-refractivity contribution < 1.29 is 32.7 Å². The van der Waals surface area contributed by atoms with Crippen molar-refractivity contribution in [2.24, 2.45) is 0 Å². The molecule has 0 saturated carbocycles. The minimum Gasteiger partial charge on any atom is -0.481 e. The molecule has 1 aliphatic heterocycles. The second-order valence-electron chi connectivity index (χ2n) is 10.7. The molecule has 8 nitrogen and oxygen atoms in total. The summed E-state index contributed by atoms with van der Waals surface area (Å²) in [5, 5.41) is 14.7. The van der Waals surface area contributed by atoms with Crippen molar-refractivity contribution in [3.63, 3.8) is 0 Å². The maximum absolute atomic E-state index is 15.2. The average Bonchev–Trinajstić information content (AvgIpc) is 3.28. The first-order valence-corrected chi connectivity index (χ1v) is 13.6. The molecular weight excluding hydrogens is 549 g/mol. The predicted octanol–water partition coefficient (Wildman–Crippen LogP) is 4.96. The molecule has 1 aliphatic rings. The number of nitrogens with one attached hydrogen (secondary N) is 2. The zero-order valence-electron chi connectivity index (χ0n) is 23.9. The quantitative estimate of drug-likeness (QED) is 0.312. The molecule has 1 aromatic heterocycles. The van der Waals surface area contributed by atoms with Gasteiger partial charge in [0.15, 0.2) is 11.6 Å². The van der Waals surface area contributed by atoms with Crippen LogP contribution in [0, 0.1) is 31.3 Å². The molecule has 2 heterocycles. The third-order valence-electron chi connectivity index (χ3n) is 7.27. The van der Waals surface area contributed by atoms with Gasteiger partial charge in [0.25, 0.3) is 5.91 Å². The number of aromatic nitrogens is 1. The Hall–Kier alpha value is -4.25. The van der Waals surface area contributed by atoms with Crippen molar-refractivity contribution in [1.29, 1.82) is 0 Å². The highest BCUT2D eigenvalue weighted by Crippen LogP contribution is 2.33. The molecule has 0 fully saturated rings. The number of carboxylic acid groups (broad SMARTS) is 1. The second kappa shape index (κ2) is 12.7. The fourth-order valence-corrected chi connectivity index (χ4v) is 5.39. The summed E-state index contributed by atoms with van der Waals surface area (Å²) in [5.74, 6) is -5.75. The van der Waals surface area contributed by atoms with E-state index in [0.29, 0.717) is 36.2 Å². The lowest BCUT2D eigenvalue weighted by molar-refractivity contribution is -0.137. The van der Waals surface area contributed by atoms with Crippen LogP contribution < -0.4 is 10.6 Å². The molecule has 4 rings (SSSR count). The molecule has 0 bridgehead atoms. The van der Waals surface area contributed by atoms with Crippen LogP contribution in [0.15, 0.2) is 36.4 Å². The van der Waals surface area contributed by atoms with Crippen LogP contribution in [0.4, 0.5) is 13.2 Å². The Balaban J connectivity index is 1.62. The number of hydrogen-bond donors (Lipinski definition) is 3. The molecule has 2 amide bonds. The molecule has 2 atom stereocenters. The van der Waals surface area contributed by atoms with Crippen molar-refractivity contribution >= 4 is 17.8 Å². The zero-order valence-corrected chi connectivity index (χ0v) is 23.9. The number of carboxylic acids is 1. The van der Waals surface area contributed by atoms with Gasteiger partial charge in [-0.05, 0) is 85.5 Å². The molecular formula is C31H33F3N4O4. The summed E-state index contributed by atoms with van der Waals surface area (Å²) < 4.78 is 43.9. The summed E-state index contributed by atoms with van der Waals surface area (Å²) in [7, 11) is 1.93. The van der Waals surface area contributed by atoms with Crippen molar-refractivity contribution in [3.8, 4) is 11.1 Å². The van der Waals surface area contributed by atoms with Gasteiger partial charge in [-0.15, -0.1) is 0 Å². The highest BCUT2D eigenvalue weighted by Gasteiger charge is 2.29. The molecule has 3 aromatic rings. The van der Waals surface area contributed by atoms with Gasteiger partial charge in [-0.1, -0.05) is 19.4 Å². The number of rotatable bonds is 10. The molecule has 42 heavy (non-hydrogen) atoms. The van der Waals surface area contributed by atoms with Crippen LogP contribution in [0.25, 0.3) is 11.1 Å². The van der Waals surface area contributed by atoms with Crippen LogP contribution in [-0.4, -0.2) is 45.9 Å². The monoisotopic (exact) mass is 582 g/mol. The van der Waals surface area contributed by atoms with E-state index in [4.69, 9.17) is 0 Å². The van der Waals surface area contributed by atoms with Crippen molar-refractivity contribution in [2.75, 3.05) is 7.05 Å². The standard InChI is InChI=1S/C31H33F3N4O4/c1-5-6-23(36-31(42)24-8-7-18-14-38(4)15-26(18)35-24)30(41)37-25(13-27(39)40)21-11-19(12-22(33)29(21)34)28-16(2)9-20(32)10-17(28)3/h7-12,23,25H,5-6,13-15H2,1-4H3,(H,36,42)(H,37,41)(H,39,40)/t23-,25?/m0/s1. The van der Waals surface area contributed by atoms with E-state index in [1.54, 1.807) is 26.8 Å². The Morgan fingerprint density at radius 3 is 2.36 bits per heavy atom. The lowest BCUT2D eigenvalue weighted by Gasteiger charge is -2.24. The first-order chi connectivity index (χ1) is 19.9. The van der Waals surface area contributed by atoms with Gasteiger partial charge in [0.1, 0.15) is 17.6 Å². The number of fused-ring (bicyclic) bond motifs is 1. The van der Waals surface area contributed by atoms with Gasteiger partial charge in [-0.25, -0.2) is 18.2 Å². The largest absolute Gasteiger partial charge is 0.481 e. The van der Waals surface area contributed by atoms with Gasteiger partial charge >= 0.3 is 5.97 Å². The fourth-order valence-electron chi connectivity index (χ4n) is 5.39. The lowest BCUT2D eigenvalue weighted by atomic mass is 9.91. The van der Waals surface area contributed by atoms with E-state index in [2.05, 4.69) is 15.6 Å². The minimum atomic E-state index is -1.46. The first-order valence-electron chi connectivity index (χ1n) is 13.6. The summed E-state index contributed by atoms with van der Waals surface area (Å²) >= 11 is 0. The lowest BCUT2D eigenvalue weighted by Crippen LogP contribution is -2.48. The normalized spacial score (nSPS) is 14.3. The average molecular weight is 583 g/mol.